The second kappa shape index (κ2) is 6.32. The highest BCUT2D eigenvalue weighted by Gasteiger charge is 2.14. The third-order valence-corrected chi connectivity index (χ3v) is 2.06. The molecule has 0 aliphatic carbocycles. The normalized spacial score (nSPS) is 9.81. The summed E-state index contributed by atoms with van der Waals surface area (Å²) in [4.78, 5) is 25.8. The summed E-state index contributed by atoms with van der Waals surface area (Å²) in [6.07, 6.45) is -0.177. The van der Waals surface area contributed by atoms with Gasteiger partial charge < -0.3 is 24.1 Å². The van der Waals surface area contributed by atoms with Crippen LogP contribution in [0.25, 0.3) is 0 Å². The fourth-order valence-corrected chi connectivity index (χ4v) is 1.26. The Morgan fingerprint density at radius 3 is 2.29 bits per heavy atom. The highest BCUT2D eigenvalue weighted by atomic mass is 16.7. The van der Waals surface area contributed by atoms with Gasteiger partial charge in [0.1, 0.15) is 0 Å². The number of methoxy groups -OCH3 is 2. The third kappa shape index (κ3) is 3.65. The van der Waals surface area contributed by atoms with Crippen LogP contribution in [-0.2, 0) is 0 Å². The fourth-order valence-electron chi connectivity index (χ4n) is 1.26. The van der Waals surface area contributed by atoms with Gasteiger partial charge in [-0.05, 0) is 12.1 Å². The van der Waals surface area contributed by atoms with Gasteiger partial charge in [0, 0.05) is 6.20 Å². The molecular formula is C11H10N4O6. The van der Waals surface area contributed by atoms with Crippen molar-refractivity contribution in [1.82, 2.24) is 19.9 Å². The smallest absolute Gasteiger partial charge is 0.467 e. The zero-order valence-electron chi connectivity index (χ0n) is 11.0. The Balaban J connectivity index is 2.31. The van der Waals surface area contributed by atoms with E-state index in [4.69, 9.17) is 19.3 Å². The number of ether oxygens (including phenoxy) is 4. The van der Waals surface area contributed by atoms with Gasteiger partial charge in [0.25, 0.3) is 5.88 Å². The molecule has 0 atom stereocenters. The standard InChI is InChI=1S/C11H10N4O6/c1-18-8-13-9(19-2)15-10(14-8)20-6-4-3-5-12-7(6)21-11(16)17/h3-5H,1-2H3,(H,16,17). The molecule has 110 valence electrons. The summed E-state index contributed by atoms with van der Waals surface area (Å²) in [5.41, 5.74) is 0. The molecule has 2 aromatic heterocycles. The van der Waals surface area contributed by atoms with Gasteiger partial charge in [-0.2, -0.15) is 0 Å². The van der Waals surface area contributed by atoms with E-state index >= 15 is 0 Å². The minimum absolute atomic E-state index is 0.00945. The first-order valence-corrected chi connectivity index (χ1v) is 5.50. The average molecular weight is 294 g/mol. The lowest BCUT2D eigenvalue weighted by molar-refractivity contribution is 0.141. The Morgan fingerprint density at radius 2 is 1.71 bits per heavy atom. The van der Waals surface area contributed by atoms with Crippen LogP contribution in [0.15, 0.2) is 18.3 Å². The number of nitrogens with zero attached hydrogens (tertiary/aromatic N) is 4. The van der Waals surface area contributed by atoms with Crippen LogP contribution in [0.4, 0.5) is 4.79 Å². The lowest BCUT2D eigenvalue weighted by Crippen LogP contribution is -2.06. The average Bonchev–Trinajstić information content (AvgIpc) is 2.48. The van der Waals surface area contributed by atoms with Crippen molar-refractivity contribution in [2.45, 2.75) is 0 Å². The van der Waals surface area contributed by atoms with Gasteiger partial charge in [-0.3, -0.25) is 0 Å². The van der Waals surface area contributed by atoms with Crippen LogP contribution in [0.1, 0.15) is 0 Å². The maximum atomic E-state index is 10.6. The van der Waals surface area contributed by atoms with E-state index in [2.05, 4.69) is 24.7 Å². The molecule has 0 aliphatic rings. The van der Waals surface area contributed by atoms with Crippen molar-refractivity contribution >= 4 is 6.16 Å². The van der Waals surface area contributed by atoms with Crippen LogP contribution in [0.3, 0.4) is 0 Å². The fraction of sp³-hybridized carbons (Fsp3) is 0.182. The molecule has 2 rings (SSSR count). The van der Waals surface area contributed by atoms with E-state index in [-0.39, 0.29) is 29.7 Å². The second-order valence-corrected chi connectivity index (χ2v) is 3.37. The summed E-state index contributed by atoms with van der Waals surface area (Å²) in [5, 5.41) is 8.62. The minimum atomic E-state index is -1.52. The zero-order chi connectivity index (χ0) is 15.2. The number of carbonyl (C=O) groups is 1. The van der Waals surface area contributed by atoms with Crippen LogP contribution < -0.4 is 18.9 Å². The first kappa shape index (κ1) is 14.2. The lowest BCUT2D eigenvalue weighted by Gasteiger charge is -2.08. The Labute approximate surface area is 118 Å². The molecule has 0 aliphatic heterocycles. The summed E-state index contributed by atoms with van der Waals surface area (Å²) in [7, 11) is 2.73. The first-order chi connectivity index (χ1) is 10.1. The van der Waals surface area contributed by atoms with Crippen molar-refractivity contribution in [3.05, 3.63) is 18.3 Å². The van der Waals surface area contributed by atoms with Crippen LogP contribution in [0.5, 0.6) is 29.7 Å². The molecule has 0 unspecified atom stereocenters. The highest BCUT2D eigenvalue weighted by Crippen LogP contribution is 2.28. The van der Waals surface area contributed by atoms with E-state index in [1.54, 1.807) is 0 Å². The number of hydrogen-bond acceptors (Lipinski definition) is 9. The van der Waals surface area contributed by atoms with E-state index in [9.17, 15) is 4.79 Å². The summed E-state index contributed by atoms with van der Waals surface area (Å²) in [6.45, 7) is 0. The van der Waals surface area contributed by atoms with Crippen LogP contribution >= 0.6 is 0 Å². The SMILES string of the molecule is COc1nc(OC)nc(Oc2cccnc2OC(=O)O)n1. The number of carboxylic acid groups (broad SMARTS) is 1. The molecule has 2 aromatic rings. The highest BCUT2D eigenvalue weighted by molar-refractivity contribution is 5.61. The molecule has 0 fully saturated rings. The monoisotopic (exact) mass is 294 g/mol. The molecule has 2 heterocycles. The Hall–Kier alpha value is -3.17. The number of pyridine rings is 1. The molecule has 1 N–H and O–H groups in total. The zero-order valence-corrected chi connectivity index (χ0v) is 11.0. The predicted octanol–water partition coefficient (Wildman–Crippen LogP) is 1.13. The molecule has 0 aromatic carbocycles. The van der Waals surface area contributed by atoms with Gasteiger partial charge in [-0.15, -0.1) is 15.0 Å². The van der Waals surface area contributed by atoms with Crippen LogP contribution in [-0.4, -0.2) is 45.4 Å². The van der Waals surface area contributed by atoms with Gasteiger partial charge >= 0.3 is 24.2 Å². The Bertz CT molecular complexity index is 628. The van der Waals surface area contributed by atoms with Crippen molar-refractivity contribution in [1.29, 1.82) is 0 Å². The molecule has 0 saturated carbocycles. The quantitative estimate of drug-likeness (QED) is 0.801. The van der Waals surface area contributed by atoms with Crippen molar-refractivity contribution in [3.63, 3.8) is 0 Å². The van der Waals surface area contributed by atoms with E-state index in [0.29, 0.717) is 0 Å². The Kier molecular flexibility index (Phi) is 4.29. The molecule has 21 heavy (non-hydrogen) atoms. The first-order valence-electron chi connectivity index (χ1n) is 5.50. The van der Waals surface area contributed by atoms with Gasteiger partial charge in [0.15, 0.2) is 5.75 Å². The van der Waals surface area contributed by atoms with Crippen LogP contribution in [0, 0.1) is 0 Å². The molecule has 0 bridgehead atoms. The third-order valence-electron chi connectivity index (χ3n) is 2.06. The summed E-state index contributed by atoms with van der Waals surface area (Å²) in [6, 6.07) is 2.75. The van der Waals surface area contributed by atoms with E-state index in [1.807, 2.05) is 0 Å². The molecule has 0 radical (unpaired) electrons. The van der Waals surface area contributed by atoms with E-state index < -0.39 is 6.16 Å². The van der Waals surface area contributed by atoms with Gasteiger partial charge in [-0.1, -0.05) is 0 Å². The molecule has 0 amide bonds. The number of aromatic nitrogens is 4. The van der Waals surface area contributed by atoms with E-state index in [0.717, 1.165) is 0 Å². The molecule has 10 nitrogen and oxygen atoms in total. The molecular weight excluding hydrogens is 284 g/mol. The van der Waals surface area contributed by atoms with Crippen molar-refractivity contribution in [2.75, 3.05) is 14.2 Å². The van der Waals surface area contributed by atoms with Crippen molar-refractivity contribution in [2.24, 2.45) is 0 Å². The van der Waals surface area contributed by atoms with Gasteiger partial charge in [0.2, 0.25) is 0 Å². The van der Waals surface area contributed by atoms with Gasteiger partial charge in [0.05, 0.1) is 14.2 Å². The van der Waals surface area contributed by atoms with E-state index in [1.165, 1.54) is 32.5 Å². The largest absolute Gasteiger partial charge is 0.512 e. The number of hydrogen-bond donors (Lipinski definition) is 1. The second-order valence-electron chi connectivity index (χ2n) is 3.37. The van der Waals surface area contributed by atoms with Crippen LogP contribution in [0.2, 0.25) is 0 Å². The topological polar surface area (TPSA) is 126 Å². The summed E-state index contributed by atoms with van der Waals surface area (Å²) >= 11 is 0. The number of rotatable bonds is 5. The predicted molar refractivity (Wildman–Crippen MR) is 65.9 cm³/mol. The molecule has 0 spiro atoms. The van der Waals surface area contributed by atoms with Crippen molar-refractivity contribution in [3.8, 4) is 29.7 Å². The lowest BCUT2D eigenvalue weighted by atomic mass is 10.4. The summed E-state index contributed by atoms with van der Waals surface area (Å²) in [5.74, 6) is -0.237. The maximum Gasteiger partial charge on any atom is 0.512 e. The molecule has 10 heteroatoms. The van der Waals surface area contributed by atoms with Gasteiger partial charge in [-0.25, -0.2) is 9.78 Å². The maximum absolute atomic E-state index is 10.6. The Morgan fingerprint density at radius 1 is 1.10 bits per heavy atom. The summed E-state index contributed by atoms with van der Waals surface area (Å²) < 4.78 is 19.5. The molecule has 0 saturated heterocycles. The van der Waals surface area contributed by atoms with Crippen molar-refractivity contribution < 1.29 is 28.8 Å². The minimum Gasteiger partial charge on any atom is -0.467 e.